The van der Waals surface area contributed by atoms with Gasteiger partial charge in [0.1, 0.15) is 0 Å². The van der Waals surface area contributed by atoms with E-state index in [0.717, 1.165) is 25.8 Å². The molecule has 0 aromatic carbocycles. The molecule has 0 spiro atoms. The van der Waals surface area contributed by atoms with Crippen molar-refractivity contribution >= 4 is 5.91 Å². The maximum atomic E-state index is 11.6. The summed E-state index contributed by atoms with van der Waals surface area (Å²) in [5, 5.41) is 15.5. The summed E-state index contributed by atoms with van der Waals surface area (Å²) in [4.78, 5) is 11.6. The van der Waals surface area contributed by atoms with Crippen LogP contribution in [0, 0.1) is 5.92 Å². The van der Waals surface area contributed by atoms with E-state index in [0.29, 0.717) is 12.5 Å². The van der Waals surface area contributed by atoms with E-state index in [1.807, 2.05) is 0 Å². The third kappa shape index (κ3) is 4.62. The van der Waals surface area contributed by atoms with E-state index < -0.39 is 6.10 Å². The van der Waals surface area contributed by atoms with Gasteiger partial charge in [-0.3, -0.25) is 4.79 Å². The van der Waals surface area contributed by atoms with Crippen LogP contribution in [0.1, 0.15) is 33.1 Å². The smallest absolute Gasteiger partial charge is 0.237 e. The lowest BCUT2D eigenvalue weighted by Gasteiger charge is -2.16. The second-order valence-corrected chi connectivity index (χ2v) is 4.68. The molecule has 0 bridgehead atoms. The van der Waals surface area contributed by atoms with Crippen LogP contribution in [0.2, 0.25) is 0 Å². The van der Waals surface area contributed by atoms with Crippen molar-refractivity contribution in [2.45, 2.75) is 45.3 Å². The highest BCUT2D eigenvalue weighted by Crippen LogP contribution is 2.06. The Bertz CT molecular complexity index is 201. The van der Waals surface area contributed by atoms with Gasteiger partial charge in [-0.2, -0.15) is 0 Å². The molecule has 1 fully saturated rings. The van der Waals surface area contributed by atoms with Gasteiger partial charge < -0.3 is 15.7 Å². The minimum absolute atomic E-state index is 0.0234. The lowest BCUT2D eigenvalue weighted by Crippen LogP contribution is -2.43. The predicted octanol–water partition coefficient (Wildman–Crippen LogP) is 0.262. The first kappa shape index (κ1) is 12.5. The van der Waals surface area contributed by atoms with Gasteiger partial charge in [0.2, 0.25) is 5.91 Å². The van der Waals surface area contributed by atoms with Crippen molar-refractivity contribution in [3.8, 4) is 0 Å². The molecule has 2 atom stereocenters. The third-order valence-electron chi connectivity index (χ3n) is 2.63. The molecule has 1 rings (SSSR count). The van der Waals surface area contributed by atoms with Crippen molar-refractivity contribution in [1.29, 1.82) is 0 Å². The van der Waals surface area contributed by atoms with Crippen molar-refractivity contribution in [2.24, 2.45) is 5.92 Å². The van der Waals surface area contributed by atoms with E-state index in [1.165, 1.54) is 0 Å². The Morgan fingerprint density at radius 1 is 1.60 bits per heavy atom. The van der Waals surface area contributed by atoms with Gasteiger partial charge in [0.05, 0.1) is 12.1 Å². The zero-order valence-electron chi connectivity index (χ0n) is 9.62. The normalized spacial score (nSPS) is 23.1. The van der Waals surface area contributed by atoms with Crippen LogP contribution in [-0.2, 0) is 4.79 Å². The van der Waals surface area contributed by atoms with Crippen LogP contribution in [0.3, 0.4) is 0 Å². The molecule has 0 radical (unpaired) electrons. The summed E-state index contributed by atoms with van der Waals surface area (Å²) in [6.07, 6.45) is 2.28. The fraction of sp³-hybridized carbons (Fsp3) is 0.909. The average Bonchev–Trinajstić information content (AvgIpc) is 2.65. The Kier molecular flexibility index (Phi) is 5.05. The van der Waals surface area contributed by atoms with E-state index in [2.05, 4.69) is 24.5 Å². The molecule has 1 heterocycles. The minimum atomic E-state index is -0.421. The third-order valence-corrected chi connectivity index (χ3v) is 2.63. The Morgan fingerprint density at radius 3 is 2.87 bits per heavy atom. The van der Waals surface area contributed by atoms with Crippen molar-refractivity contribution < 1.29 is 9.90 Å². The van der Waals surface area contributed by atoms with Gasteiger partial charge in [0, 0.05) is 6.54 Å². The van der Waals surface area contributed by atoms with Crippen molar-refractivity contribution in [3.63, 3.8) is 0 Å². The number of carbonyl (C=O) groups excluding carboxylic acids is 1. The number of rotatable bonds is 5. The molecule has 4 heteroatoms. The van der Waals surface area contributed by atoms with Gasteiger partial charge in [-0.15, -0.1) is 0 Å². The lowest BCUT2D eigenvalue weighted by molar-refractivity contribution is -0.123. The molecule has 1 unspecified atom stereocenters. The van der Waals surface area contributed by atoms with Crippen LogP contribution >= 0.6 is 0 Å². The second-order valence-electron chi connectivity index (χ2n) is 4.68. The topological polar surface area (TPSA) is 61.4 Å². The molecule has 1 aliphatic heterocycles. The average molecular weight is 214 g/mol. The van der Waals surface area contributed by atoms with Gasteiger partial charge in [-0.25, -0.2) is 0 Å². The maximum absolute atomic E-state index is 11.6. The molecule has 1 amide bonds. The summed E-state index contributed by atoms with van der Waals surface area (Å²) in [7, 11) is 0. The summed E-state index contributed by atoms with van der Waals surface area (Å²) in [5.41, 5.74) is 0. The number of carbonyl (C=O) groups is 1. The Labute approximate surface area is 91.4 Å². The highest BCUT2D eigenvalue weighted by Gasteiger charge is 2.22. The van der Waals surface area contributed by atoms with Gasteiger partial charge in [0.25, 0.3) is 0 Å². The summed E-state index contributed by atoms with van der Waals surface area (Å²) in [5.74, 6) is 0.483. The van der Waals surface area contributed by atoms with Crippen LogP contribution in [0.5, 0.6) is 0 Å². The van der Waals surface area contributed by atoms with Gasteiger partial charge in [0.15, 0.2) is 0 Å². The molecule has 1 aliphatic rings. The quantitative estimate of drug-likeness (QED) is 0.615. The highest BCUT2D eigenvalue weighted by molar-refractivity contribution is 5.81. The number of amides is 1. The van der Waals surface area contributed by atoms with Crippen molar-refractivity contribution in [3.05, 3.63) is 0 Å². The maximum Gasteiger partial charge on any atom is 0.237 e. The van der Waals surface area contributed by atoms with Gasteiger partial charge in [-0.05, 0) is 31.7 Å². The fourth-order valence-electron chi connectivity index (χ4n) is 1.88. The van der Waals surface area contributed by atoms with E-state index in [-0.39, 0.29) is 11.9 Å². The SMILES string of the molecule is CC(C)CC(O)CNC(=O)[C@@H]1CCCN1. The molecular weight excluding hydrogens is 192 g/mol. The summed E-state index contributed by atoms with van der Waals surface area (Å²) in [6, 6.07) is -0.0451. The molecule has 88 valence electrons. The van der Waals surface area contributed by atoms with Crippen LogP contribution in [0.4, 0.5) is 0 Å². The van der Waals surface area contributed by atoms with Crippen LogP contribution in [0.25, 0.3) is 0 Å². The number of hydrogen-bond donors (Lipinski definition) is 3. The van der Waals surface area contributed by atoms with Crippen molar-refractivity contribution in [1.82, 2.24) is 10.6 Å². The van der Waals surface area contributed by atoms with E-state index in [9.17, 15) is 9.90 Å². The van der Waals surface area contributed by atoms with Crippen molar-refractivity contribution in [2.75, 3.05) is 13.1 Å². The Balaban J connectivity index is 2.15. The first-order valence-corrected chi connectivity index (χ1v) is 5.78. The zero-order chi connectivity index (χ0) is 11.3. The molecule has 0 aliphatic carbocycles. The van der Waals surface area contributed by atoms with E-state index in [4.69, 9.17) is 0 Å². The van der Waals surface area contributed by atoms with Crippen LogP contribution in [-0.4, -0.2) is 36.2 Å². The molecule has 0 aromatic rings. The van der Waals surface area contributed by atoms with Crippen LogP contribution in [0.15, 0.2) is 0 Å². The Hall–Kier alpha value is -0.610. The number of nitrogens with one attached hydrogen (secondary N) is 2. The van der Waals surface area contributed by atoms with Crippen LogP contribution < -0.4 is 10.6 Å². The molecule has 0 aromatic heterocycles. The monoisotopic (exact) mass is 214 g/mol. The summed E-state index contributed by atoms with van der Waals surface area (Å²) < 4.78 is 0. The predicted molar refractivity (Wildman–Crippen MR) is 59.5 cm³/mol. The standard InChI is InChI=1S/C11H22N2O2/c1-8(2)6-9(14)7-13-11(15)10-4-3-5-12-10/h8-10,12,14H,3-7H2,1-2H3,(H,13,15)/t9?,10-/m0/s1. The molecule has 3 N–H and O–H groups in total. The van der Waals surface area contributed by atoms with Gasteiger partial charge >= 0.3 is 0 Å². The van der Waals surface area contributed by atoms with E-state index >= 15 is 0 Å². The fourth-order valence-corrected chi connectivity index (χ4v) is 1.88. The van der Waals surface area contributed by atoms with E-state index in [1.54, 1.807) is 0 Å². The summed E-state index contributed by atoms with van der Waals surface area (Å²) >= 11 is 0. The largest absolute Gasteiger partial charge is 0.391 e. The highest BCUT2D eigenvalue weighted by atomic mass is 16.3. The number of aliphatic hydroxyl groups is 1. The molecule has 4 nitrogen and oxygen atoms in total. The molecule has 15 heavy (non-hydrogen) atoms. The Morgan fingerprint density at radius 2 is 2.33 bits per heavy atom. The molecular formula is C11H22N2O2. The number of aliphatic hydroxyl groups excluding tert-OH is 1. The second kappa shape index (κ2) is 6.08. The molecule has 0 saturated carbocycles. The minimum Gasteiger partial charge on any atom is -0.391 e. The molecule has 1 saturated heterocycles. The van der Waals surface area contributed by atoms with Gasteiger partial charge in [-0.1, -0.05) is 13.8 Å². The summed E-state index contributed by atoms with van der Waals surface area (Å²) in [6.45, 7) is 5.41. The lowest BCUT2D eigenvalue weighted by atomic mass is 10.1. The number of hydrogen-bond acceptors (Lipinski definition) is 3. The zero-order valence-corrected chi connectivity index (χ0v) is 9.62. The first-order chi connectivity index (χ1) is 7.09. The first-order valence-electron chi connectivity index (χ1n) is 5.78.